The third-order valence-corrected chi connectivity index (χ3v) is 1.37. The second-order valence-corrected chi connectivity index (χ2v) is 3.78. The second kappa shape index (κ2) is 8.87. The Morgan fingerprint density at radius 3 is 2.06 bits per heavy atom. The molecule has 6 N–H and O–H groups in total. The molecule has 0 aromatic carbocycles. The van der Waals surface area contributed by atoms with Gasteiger partial charge in [0.15, 0.2) is 0 Å². The van der Waals surface area contributed by atoms with Gasteiger partial charge in [0.05, 0.1) is 0 Å². The quantitative estimate of drug-likeness (QED) is 0.383. The largest absolute Gasteiger partial charge is 0.480 e. The minimum absolute atomic E-state index is 0.158. The molecule has 1 amide bonds. The van der Waals surface area contributed by atoms with Crippen LogP contribution in [-0.4, -0.2) is 47.1 Å². The second-order valence-electron chi connectivity index (χ2n) is 2.88. The maximum atomic E-state index is 10.8. The highest BCUT2D eigenvalue weighted by Crippen LogP contribution is 1.93. The van der Waals surface area contributed by atoms with E-state index in [9.17, 15) is 9.59 Å². The fraction of sp³-hybridized carbons (Fsp3) is 0.714. The first-order chi connectivity index (χ1) is 7.57. The van der Waals surface area contributed by atoms with E-state index in [1.165, 1.54) is 0 Å². The molecule has 0 aliphatic rings. The molecule has 0 aliphatic carbocycles. The average Bonchev–Trinajstić information content (AvgIpc) is 2.11. The van der Waals surface area contributed by atoms with Crippen LogP contribution in [0.15, 0.2) is 0 Å². The van der Waals surface area contributed by atoms with Crippen LogP contribution in [0.4, 0.5) is 0 Å². The van der Waals surface area contributed by atoms with Crippen molar-refractivity contribution in [1.29, 1.82) is 0 Å². The lowest BCUT2D eigenvalue weighted by atomic mass is 10.1. The van der Waals surface area contributed by atoms with Gasteiger partial charge < -0.3 is 16.2 Å². The van der Waals surface area contributed by atoms with E-state index in [1.54, 1.807) is 6.92 Å². The molecule has 10 heteroatoms. The van der Waals surface area contributed by atoms with Crippen LogP contribution in [0.5, 0.6) is 0 Å². The van der Waals surface area contributed by atoms with Gasteiger partial charge in [0.25, 0.3) is 0 Å². The molecule has 1 atom stereocenters. The average molecular weight is 272 g/mol. The summed E-state index contributed by atoms with van der Waals surface area (Å²) < 4.78 is 31.6. The van der Waals surface area contributed by atoms with Crippen LogP contribution < -0.4 is 11.1 Å². The van der Waals surface area contributed by atoms with Crippen molar-refractivity contribution in [3.63, 3.8) is 0 Å². The van der Waals surface area contributed by atoms with E-state index in [0.29, 0.717) is 6.54 Å². The van der Waals surface area contributed by atoms with Crippen molar-refractivity contribution in [2.45, 2.75) is 25.8 Å². The number of nitrogens with one attached hydrogen (secondary N) is 1. The summed E-state index contributed by atoms with van der Waals surface area (Å²) in [6.07, 6.45) is 0.350. The van der Waals surface area contributed by atoms with Gasteiger partial charge in [-0.2, -0.15) is 8.42 Å². The van der Waals surface area contributed by atoms with E-state index < -0.39 is 22.4 Å². The van der Waals surface area contributed by atoms with E-state index >= 15 is 0 Å². The number of aliphatic carboxylic acids is 1. The Balaban J connectivity index is 0. The topological polar surface area (TPSA) is 167 Å². The van der Waals surface area contributed by atoms with Gasteiger partial charge >= 0.3 is 16.4 Å². The Labute approximate surface area is 98.6 Å². The fourth-order valence-corrected chi connectivity index (χ4v) is 0.696. The predicted molar refractivity (Wildman–Crippen MR) is 57.7 cm³/mol. The van der Waals surface area contributed by atoms with E-state index in [0.717, 1.165) is 0 Å². The van der Waals surface area contributed by atoms with Gasteiger partial charge in [-0.05, 0) is 13.3 Å². The Bertz CT molecular complexity index is 332. The summed E-state index contributed by atoms with van der Waals surface area (Å²) in [4.78, 5) is 21.0. The van der Waals surface area contributed by atoms with Crippen molar-refractivity contribution in [2.24, 2.45) is 5.73 Å². The van der Waals surface area contributed by atoms with Gasteiger partial charge in [-0.25, -0.2) is 0 Å². The van der Waals surface area contributed by atoms with Crippen molar-refractivity contribution < 1.29 is 32.2 Å². The zero-order valence-electron chi connectivity index (χ0n) is 9.16. The van der Waals surface area contributed by atoms with E-state index in [4.69, 9.17) is 28.4 Å². The summed E-state index contributed by atoms with van der Waals surface area (Å²) in [7, 11) is -4.67. The molecule has 0 aliphatic heterocycles. The summed E-state index contributed by atoms with van der Waals surface area (Å²) in [5, 5.41) is 10.9. The monoisotopic (exact) mass is 272 g/mol. The molecule has 0 aromatic heterocycles. The number of hydrogen-bond acceptors (Lipinski definition) is 5. The minimum atomic E-state index is -4.67. The van der Waals surface area contributed by atoms with Crippen LogP contribution in [0.25, 0.3) is 0 Å². The van der Waals surface area contributed by atoms with Crippen LogP contribution in [-0.2, 0) is 20.0 Å². The molecule has 0 rings (SSSR count). The number of amides is 1. The fourth-order valence-electron chi connectivity index (χ4n) is 0.696. The van der Waals surface area contributed by atoms with Crippen molar-refractivity contribution in [2.75, 3.05) is 6.54 Å². The summed E-state index contributed by atoms with van der Waals surface area (Å²) in [5.74, 6) is -1.23. The highest BCUT2D eigenvalue weighted by atomic mass is 32.3. The van der Waals surface area contributed by atoms with Crippen LogP contribution in [0.2, 0.25) is 0 Å². The molecular formula is C7H16N2O7S. The third-order valence-electron chi connectivity index (χ3n) is 1.37. The maximum Gasteiger partial charge on any atom is 0.394 e. The Morgan fingerprint density at radius 1 is 1.35 bits per heavy atom. The summed E-state index contributed by atoms with van der Waals surface area (Å²) in [5.41, 5.74) is 5.18. The molecule has 1 unspecified atom stereocenters. The van der Waals surface area contributed by atoms with Crippen molar-refractivity contribution in [1.82, 2.24) is 5.32 Å². The Kier molecular flexibility index (Phi) is 9.47. The molecule has 102 valence electrons. The lowest BCUT2D eigenvalue weighted by Gasteiger charge is -2.05. The van der Waals surface area contributed by atoms with Crippen molar-refractivity contribution >= 4 is 22.3 Å². The SMILES string of the molecule is CCNC(=O)CCC(N)C(=O)O.O=S(=O)(O)O. The molecule has 0 saturated heterocycles. The maximum absolute atomic E-state index is 10.8. The highest BCUT2D eigenvalue weighted by Gasteiger charge is 2.12. The highest BCUT2D eigenvalue weighted by molar-refractivity contribution is 7.79. The van der Waals surface area contributed by atoms with Gasteiger partial charge in [-0.3, -0.25) is 18.7 Å². The number of carbonyl (C=O) groups excluding carboxylic acids is 1. The number of hydrogen-bond donors (Lipinski definition) is 5. The first-order valence-electron chi connectivity index (χ1n) is 4.52. The van der Waals surface area contributed by atoms with E-state index in [2.05, 4.69) is 5.32 Å². The van der Waals surface area contributed by atoms with Crippen molar-refractivity contribution in [3.8, 4) is 0 Å². The lowest BCUT2D eigenvalue weighted by molar-refractivity contribution is -0.138. The number of rotatable bonds is 5. The minimum Gasteiger partial charge on any atom is -0.480 e. The molecule has 0 radical (unpaired) electrons. The molecule has 0 fully saturated rings. The first kappa shape index (κ1) is 18.1. The molecule has 9 nitrogen and oxygen atoms in total. The van der Waals surface area contributed by atoms with Crippen molar-refractivity contribution in [3.05, 3.63) is 0 Å². The molecule has 0 bridgehead atoms. The number of carbonyl (C=O) groups is 2. The molecule has 17 heavy (non-hydrogen) atoms. The van der Waals surface area contributed by atoms with Gasteiger partial charge in [0, 0.05) is 13.0 Å². The summed E-state index contributed by atoms with van der Waals surface area (Å²) in [6, 6.07) is -0.937. The number of nitrogens with two attached hydrogens (primary N) is 1. The van der Waals surface area contributed by atoms with Crippen LogP contribution in [0.3, 0.4) is 0 Å². The Hall–Kier alpha value is -1.23. The molecular weight excluding hydrogens is 256 g/mol. The van der Waals surface area contributed by atoms with Gasteiger partial charge in [-0.1, -0.05) is 0 Å². The smallest absolute Gasteiger partial charge is 0.394 e. The lowest BCUT2D eigenvalue weighted by Crippen LogP contribution is -2.32. The third kappa shape index (κ3) is 20.8. The molecule has 0 saturated carbocycles. The zero-order chi connectivity index (χ0) is 14.1. The standard InChI is InChI=1S/C7H14N2O3.H2O4S/c1-2-9-6(10)4-3-5(8)7(11)12;1-5(2,3)4/h5H,2-4,8H2,1H3,(H,9,10)(H,11,12);(H2,1,2,3,4). The summed E-state index contributed by atoms with van der Waals surface area (Å²) in [6.45, 7) is 2.36. The van der Waals surface area contributed by atoms with Crippen LogP contribution in [0, 0.1) is 0 Å². The van der Waals surface area contributed by atoms with Crippen LogP contribution in [0.1, 0.15) is 19.8 Å². The predicted octanol–water partition coefficient (Wildman–Crippen LogP) is -1.34. The molecule has 0 heterocycles. The Morgan fingerprint density at radius 2 is 1.76 bits per heavy atom. The van der Waals surface area contributed by atoms with E-state index in [1.807, 2.05) is 0 Å². The van der Waals surface area contributed by atoms with Crippen LogP contribution >= 0.6 is 0 Å². The normalized spacial score (nSPS) is 12.0. The van der Waals surface area contributed by atoms with Gasteiger partial charge in [-0.15, -0.1) is 0 Å². The van der Waals surface area contributed by atoms with E-state index in [-0.39, 0.29) is 18.7 Å². The molecule has 0 aromatic rings. The molecule has 0 spiro atoms. The first-order valence-corrected chi connectivity index (χ1v) is 5.92. The zero-order valence-corrected chi connectivity index (χ0v) is 9.98. The van der Waals surface area contributed by atoms with Gasteiger partial charge in [0.1, 0.15) is 6.04 Å². The van der Waals surface area contributed by atoms with Gasteiger partial charge in [0.2, 0.25) is 5.91 Å². The number of carboxylic acids is 1. The number of carboxylic acid groups (broad SMARTS) is 1. The summed E-state index contributed by atoms with van der Waals surface area (Å²) >= 11 is 0.